The van der Waals surface area contributed by atoms with Gasteiger partial charge in [-0.1, -0.05) is 60.1 Å². The number of nitrogens with zero attached hydrogens (tertiary/aromatic N) is 1. The molecule has 196 valence electrons. The Hall–Kier alpha value is -4.37. The fourth-order valence-electron chi connectivity index (χ4n) is 4.75. The second kappa shape index (κ2) is 11.4. The average Bonchev–Trinajstić information content (AvgIpc) is 2.84. The normalized spacial score (nSPS) is 20.1. The molecule has 1 amide bonds. The number of carbonyl (C=O) groups is 4. The van der Waals surface area contributed by atoms with E-state index >= 15 is 0 Å². The van der Waals surface area contributed by atoms with E-state index in [1.807, 2.05) is 0 Å². The van der Waals surface area contributed by atoms with Gasteiger partial charge in [-0.2, -0.15) is 0 Å². The number of hydrogen-bond donors (Lipinski definition) is 3. The molecule has 10 heteroatoms. The number of ether oxygens (including phenoxy) is 1. The van der Waals surface area contributed by atoms with Crippen LogP contribution in [0.3, 0.4) is 0 Å². The maximum Gasteiger partial charge on any atom is 0.308 e. The molecule has 38 heavy (non-hydrogen) atoms. The van der Waals surface area contributed by atoms with Crippen molar-refractivity contribution in [2.24, 2.45) is 23.7 Å². The van der Waals surface area contributed by atoms with Gasteiger partial charge in [-0.15, -0.1) is 0 Å². The van der Waals surface area contributed by atoms with Crippen molar-refractivity contribution in [3.05, 3.63) is 95.0 Å². The van der Waals surface area contributed by atoms with Crippen molar-refractivity contribution in [2.45, 2.75) is 13.1 Å². The minimum atomic E-state index is -1.69. The Kier molecular flexibility index (Phi) is 7.97. The molecule has 1 saturated carbocycles. The predicted octanol–water partition coefficient (Wildman–Crippen LogP) is 4.39. The molecule has 3 aromatic rings. The van der Waals surface area contributed by atoms with Crippen molar-refractivity contribution in [1.29, 1.82) is 0 Å². The maximum atomic E-state index is 13.6. The Labute approximate surface area is 222 Å². The fourth-order valence-corrected chi connectivity index (χ4v) is 4.93. The first-order valence-electron chi connectivity index (χ1n) is 11.7. The predicted molar refractivity (Wildman–Crippen MR) is 136 cm³/mol. The summed E-state index contributed by atoms with van der Waals surface area (Å²) in [6, 6.07) is 22.7. The molecule has 1 aliphatic rings. The highest BCUT2D eigenvalue weighted by molar-refractivity contribution is 6.30. The summed E-state index contributed by atoms with van der Waals surface area (Å²) in [5.41, 5.74) is 1.43. The number of carboxylic acids is 3. The Morgan fingerprint density at radius 3 is 1.71 bits per heavy atom. The molecule has 1 aliphatic carbocycles. The molecule has 0 saturated heterocycles. The number of hydrogen-bond acceptors (Lipinski definition) is 5. The smallest absolute Gasteiger partial charge is 0.308 e. The first-order chi connectivity index (χ1) is 18.2. The summed E-state index contributed by atoms with van der Waals surface area (Å²) in [7, 11) is 0. The van der Waals surface area contributed by atoms with Crippen LogP contribution in [0.2, 0.25) is 5.02 Å². The van der Waals surface area contributed by atoms with Gasteiger partial charge >= 0.3 is 17.9 Å². The molecular formula is C28H24ClNO8. The lowest BCUT2D eigenvalue weighted by Crippen LogP contribution is -2.62. The van der Waals surface area contributed by atoms with E-state index < -0.39 is 47.5 Å². The average molecular weight is 538 g/mol. The van der Waals surface area contributed by atoms with Crippen molar-refractivity contribution in [1.82, 2.24) is 4.90 Å². The van der Waals surface area contributed by atoms with Gasteiger partial charge < -0.3 is 25.0 Å². The van der Waals surface area contributed by atoms with E-state index in [1.165, 1.54) is 4.90 Å². The van der Waals surface area contributed by atoms with Crippen LogP contribution >= 0.6 is 11.6 Å². The van der Waals surface area contributed by atoms with Crippen LogP contribution in [0.25, 0.3) is 0 Å². The summed E-state index contributed by atoms with van der Waals surface area (Å²) in [4.78, 5) is 50.4. The summed E-state index contributed by atoms with van der Waals surface area (Å²) in [6.07, 6.45) is 0. The SMILES string of the molecule is O=C(O)[C@H]1[C@H](C(=O)O)[C@H](C(=O)O)[C@H]1C(=O)N(Cc1ccccc1)Cc1ccc(Oc2cccc(Cl)c2)cc1. The molecule has 0 spiro atoms. The van der Waals surface area contributed by atoms with Crippen LogP contribution in [0.4, 0.5) is 0 Å². The van der Waals surface area contributed by atoms with Gasteiger partial charge in [-0.25, -0.2) is 0 Å². The quantitative estimate of drug-likeness (QED) is 0.345. The highest BCUT2D eigenvalue weighted by Gasteiger charge is 2.64. The highest BCUT2D eigenvalue weighted by Crippen LogP contribution is 2.48. The summed E-state index contributed by atoms with van der Waals surface area (Å²) < 4.78 is 5.79. The zero-order chi connectivity index (χ0) is 27.4. The third-order valence-electron chi connectivity index (χ3n) is 6.54. The first kappa shape index (κ1) is 26.7. The number of carboxylic acid groups (broad SMARTS) is 3. The third-order valence-corrected chi connectivity index (χ3v) is 6.78. The van der Waals surface area contributed by atoms with Crippen LogP contribution in [0, 0.1) is 23.7 Å². The van der Waals surface area contributed by atoms with Gasteiger partial charge in [0.05, 0.1) is 23.7 Å². The Morgan fingerprint density at radius 1 is 0.658 bits per heavy atom. The number of carbonyl (C=O) groups excluding carboxylic acids is 1. The van der Waals surface area contributed by atoms with Crippen LogP contribution in [0.5, 0.6) is 11.5 Å². The third kappa shape index (κ3) is 5.78. The van der Waals surface area contributed by atoms with Gasteiger partial charge in [0, 0.05) is 18.1 Å². The van der Waals surface area contributed by atoms with Crippen LogP contribution in [0.1, 0.15) is 11.1 Å². The number of halogens is 1. The molecule has 0 bridgehead atoms. The summed E-state index contributed by atoms with van der Waals surface area (Å²) in [5, 5.41) is 29.3. The zero-order valence-electron chi connectivity index (χ0n) is 19.9. The molecule has 0 radical (unpaired) electrons. The molecule has 9 nitrogen and oxygen atoms in total. The van der Waals surface area contributed by atoms with E-state index in [0.717, 1.165) is 5.56 Å². The van der Waals surface area contributed by atoms with E-state index in [1.54, 1.807) is 78.9 Å². The fraction of sp³-hybridized carbons (Fsp3) is 0.214. The van der Waals surface area contributed by atoms with Crippen LogP contribution < -0.4 is 4.74 Å². The van der Waals surface area contributed by atoms with E-state index in [9.17, 15) is 34.5 Å². The summed E-state index contributed by atoms with van der Waals surface area (Å²) in [5.74, 6) is -10.8. The summed E-state index contributed by atoms with van der Waals surface area (Å²) >= 11 is 5.99. The van der Waals surface area contributed by atoms with E-state index in [-0.39, 0.29) is 13.1 Å². The van der Waals surface area contributed by atoms with Crippen molar-refractivity contribution in [2.75, 3.05) is 0 Å². The lowest BCUT2D eigenvalue weighted by Gasteiger charge is -2.45. The Balaban J connectivity index is 1.59. The topological polar surface area (TPSA) is 141 Å². The van der Waals surface area contributed by atoms with Gasteiger partial charge in [0.1, 0.15) is 11.5 Å². The van der Waals surface area contributed by atoms with Gasteiger partial charge in [0.2, 0.25) is 5.91 Å². The zero-order valence-corrected chi connectivity index (χ0v) is 20.7. The lowest BCUT2D eigenvalue weighted by molar-refractivity contribution is -0.190. The van der Waals surface area contributed by atoms with Gasteiger partial charge in [-0.05, 0) is 41.5 Å². The monoisotopic (exact) mass is 537 g/mol. The number of aliphatic carboxylic acids is 3. The largest absolute Gasteiger partial charge is 0.481 e. The molecule has 0 unspecified atom stereocenters. The molecular weight excluding hydrogens is 514 g/mol. The van der Waals surface area contributed by atoms with Crippen LogP contribution in [0.15, 0.2) is 78.9 Å². The molecule has 3 N–H and O–H groups in total. The van der Waals surface area contributed by atoms with Gasteiger partial charge in [-0.3, -0.25) is 19.2 Å². The van der Waals surface area contributed by atoms with Crippen LogP contribution in [-0.4, -0.2) is 44.0 Å². The van der Waals surface area contributed by atoms with E-state index in [0.29, 0.717) is 22.1 Å². The molecule has 3 aromatic carbocycles. The first-order valence-corrected chi connectivity index (χ1v) is 12.1. The van der Waals surface area contributed by atoms with Crippen molar-refractivity contribution >= 4 is 35.4 Å². The van der Waals surface area contributed by atoms with Crippen molar-refractivity contribution in [3.63, 3.8) is 0 Å². The maximum absolute atomic E-state index is 13.6. The van der Waals surface area contributed by atoms with E-state index in [4.69, 9.17) is 16.3 Å². The molecule has 1 fully saturated rings. The second-order valence-electron chi connectivity index (χ2n) is 9.00. The highest BCUT2D eigenvalue weighted by atomic mass is 35.5. The molecule has 0 aliphatic heterocycles. The minimum absolute atomic E-state index is 0.0398. The van der Waals surface area contributed by atoms with Gasteiger partial charge in [0.25, 0.3) is 0 Å². The Bertz CT molecular complexity index is 1320. The Morgan fingerprint density at radius 2 is 1.18 bits per heavy atom. The lowest BCUT2D eigenvalue weighted by atomic mass is 9.56. The molecule has 0 aromatic heterocycles. The summed E-state index contributed by atoms with van der Waals surface area (Å²) in [6.45, 7) is 0.117. The minimum Gasteiger partial charge on any atom is -0.481 e. The van der Waals surface area contributed by atoms with Gasteiger partial charge in [0.15, 0.2) is 0 Å². The molecule has 0 heterocycles. The number of rotatable bonds is 10. The van der Waals surface area contributed by atoms with E-state index in [2.05, 4.69) is 0 Å². The standard InChI is InChI=1S/C28H24ClNO8/c29-18-7-4-8-20(13-18)38-19-11-9-17(10-12-19)15-30(14-16-5-2-1-3-6-16)25(31)21-22(26(32)33)24(28(36)37)23(21)27(34)35/h1-13,21-24H,14-15H2,(H,32,33)(H,34,35)(H,36,37)/t21-,22-,23-,24-/m1/s1. The van der Waals surface area contributed by atoms with Crippen molar-refractivity contribution < 1.29 is 39.2 Å². The second-order valence-corrected chi connectivity index (χ2v) is 9.44. The van der Waals surface area contributed by atoms with Crippen molar-refractivity contribution in [3.8, 4) is 11.5 Å². The van der Waals surface area contributed by atoms with Crippen LogP contribution in [-0.2, 0) is 32.3 Å². The number of benzene rings is 3. The molecule has 4 rings (SSSR count). The molecule has 2 atom stereocenters. The number of amides is 1.